The molecule has 0 saturated carbocycles. The van der Waals surface area contributed by atoms with Crippen molar-refractivity contribution in [2.75, 3.05) is 0 Å². The standard InChI is InChI=1S/C9H12OS/c1-3-7-5-9(11)6-8(4-2)10-7/h5-6H,3-4H2,1-2H3. The van der Waals surface area contributed by atoms with Gasteiger partial charge in [0.15, 0.2) is 0 Å². The van der Waals surface area contributed by atoms with Crippen molar-refractivity contribution in [2.45, 2.75) is 26.7 Å². The lowest BCUT2D eigenvalue weighted by Gasteiger charge is -1.99. The number of hydrogen-bond donors (Lipinski definition) is 0. The van der Waals surface area contributed by atoms with Crippen LogP contribution in [0, 0.1) is 4.51 Å². The predicted octanol–water partition coefficient (Wildman–Crippen LogP) is 3.13. The first-order chi connectivity index (χ1) is 5.26. The van der Waals surface area contributed by atoms with E-state index in [4.69, 9.17) is 16.6 Å². The van der Waals surface area contributed by atoms with Crippen molar-refractivity contribution in [3.63, 3.8) is 0 Å². The Kier molecular flexibility index (Phi) is 2.83. The third-order valence-electron chi connectivity index (χ3n) is 1.57. The molecular weight excluding hydrogens is 156 g/mol. The second kappa shape index (κ2) is 3.67. The van der Waals surface area contributed by atoms with Crippen molar-refractivity contribution in [1.29, 1.82) is 0 Å². The summed E-state index contributed by atoms with van der Waals surface area (Å²) in [7, 11) is 0. The molecule has 0 amide bonds. The highest BCUT2D eigenvalue weighted by Gasteiger charge is 1.95. The largest absolute Gasteiger partial charge is 0.466 e. The lowest BCUT2D eigenvalue weighted by Crippen LogP contribution is -1.84. The summed E-state index contributed by atoms with van der Waals surface area (Å²) in [6, 6.07) is 3.82. The molecule has 0 N–H and O–H groups in total. The second-order valence-corrected chi connectivity index (χ2v) is 2.90. The van der Waals surface area contributed by atoms with Gasteiger partial charge in [0, 0.05) is 17.4 Å². The first-order valence-electron chi connectivity index (χ1n) is 3.89. The van der Waals surface area contributed by atoms with Crippen LogP contribution in [0.5, 0.6) is 0 Å². The quantitative estimate of drug-likeness (QED) is 0.629. The highest BCUT2D eigenvalue weighted by atomic mass is 32.1. The van der Waals surface area contributed by atoms with E-state index in [2.05, 4.69) is 13.8 Å². The summed E-state index contributed by atoms with van der Waals surface area (Å²) >= 11 is 5.06. The third-order valence-corrected chi connectivity index (χ3v) is 1.80. The molecule has 1 heterocycles. The molecule has 0 atom stereocenters. The molecule has 0 radical (unpaired) electrons. The SMILES string of the molecule is CCc1cc(=S)cc(CC)o1. The van der Waals surface area contributed by atoms with Crippen molar-refractivity contribution in [3.8, 4) is 0 Å². The van der Waals surface area contributed by atoms with Gasteiger partial charge in [-0.1, -0.05) is 26.1 Å². The molecule has 0 aliphatic carbocycles. The van der Waals surface area contributed by atoms with Gasteiger partial charge in [0.2, 0.25) is 0 Å². The van der Waals surface area contributed by atoms with Crippen LogP contribution in [0.3, 0.4) is 0 Å². The first kappa shape index (κ1) is 8.47. The summed E-state index contributed by atoms with van der Waals surface area (Å²) < 4.78 is 6.37. The zero-order valence-electron chi connectivity index (χ0n) is 6.89. The Hall–Kier alpha value is -0.630. The van der Waals surface area contributed by atoms with Crippen LogP contribution in [0.2, 0.25) is 0 Å². The Morgan fingerprint density at radius 1 is 1.18 bits per heavy atom. The lowest BCUT2D eigenvalue weighted by molar-refractivity contribution is 0.455. The fourth-order valence-electron chi connectivity index (χ4n) is 0.935. The van der Waals surface area contributed by atoms with Crippen molar-refractivity contribution in [3.05, 3.63) is 28.2 Å². The Labute approximate surface area is 72.1 Å². The Balaban J connectivity index is 3.12. The smallest absolute Gasteiger partial charge is 0.105 e. The molecule has 0 unspecified atom stereocenters. The normalized spacial score (nSPS) is 10.0. The molecule has 0 saturated heterocycles. The van der Waals surface area contributed by atoms with Crippen LogP contribution in [0.15, 0.2) is 16.5 Å². The fourth-order valence-corrected chi connectivity index (χ4v) is 1.20. The van der Waals surface area contributed by atoms with E-state index in [-0.39, 0.29) is 0 Å². The van der Waals surface area contributed by atoms with E-state index in [0.29, 0.717) is 0 Å². The Morgan fingerprint density at radius 2 is 1.64 bits per heavy atom. The molecule has 0 spiro atoms. The minimum atomic E-state index is 0.880. The zero-order valence-corrected chi connectivity index (χ0v) is 7.70. The van der Waals surface area contributed by atoms with Crippen LogP contribution in [0.1, 0.15) is 25.4 Å². The van der Waals surface area contributed by atoms with Gasteiger partial charge in [0.1, 0.15) is 11.5 Å². The van der Waals surface area contributed by atoms with E-state index >= 15 is 0 Å². The second-order valence-electron chi connectivity index (χ2n) is 2.43. The van der Waals surface area contributed by atoms with E-state index in [1.807, 2.05) is 12.1 Å². The average Bonchev–Trinajstić information content (AvgIpc) is 2.03. The molecule has 0 fully saturated rings. The maximum Gasteiger partial charge on any atom is 0.105 e. The van der Waals surface area contributed by atoms with Gasteiger partial charge >= 0.3 is 0 Å². The van der Waals surface area contributed by atoms with Gasteiger partial charge in [-0.2, -0.15) is 0 Å². The maximum absolute atomic E-state index is 5.49. The number of rotatable bonds is 2. The third kappa shape index (κ3) is 2.15. The van der Waals surface area contributed by atoms with E-state index < -0.39 is 0 Å². The molecule has 0 aromatic carbocycles. The molecule has 1 nitrogen and oxygen atoms in total. The first-order valence-corrected chi connectivity index (χ1v) is 4.30. The van der Waals surface area contributed by atoms with Gasteiger partial charge in [-0.3, -0.25) is 0 Å². The monoisotopic (exact) mass is 168 g/mol. The van der Waals surface area contributed by atoms with Crippen LogP contribution < -0.4 is 0 Å². The highest BCUT2D eigenvalue weighted by Crippen LogP contribution is 2.07. The van der Waals surface area contributed by atoms with Crippen LogP contribution in [-0.4, -0.2) is 0 Å². The van der Waals surface area contributed by atoms with Crippen molar-refractivity contribution in [1.82, 2.24) is 0 Å². The van der Waals surface area contributed by atoms with E-state index in [1.54, 1.807) is 0 Å². The molecule has 0 aliphatic rings. The van der Waals surface area contributed by atoms with Crippen LogP contribution >= 0.6 is 12.2 Å². The van der Waals surface area contributed by atoms with E-state index in [0.717, 1.165) is 28.9 Å². The lowest BCUT2D eigenvalue weighted by atomic mass is 10.3. The summed E-state index contributed by atoms with van der Waals surface area (Å²) in [6.07, 6.45) is 1.83. The molecule has 1 rings (SSSR count). The van der Waals surface area contributed by atoms with Crippen molar-refractivity contribution >= 4 is 12.2 Å². The van der Waals surface area contributed by atoms with Gasteiger partial charge in [0.05, 0.1) is 0 Å². The molecule has 2 heteroatoms. The molecule has 1 aromatic heterocycles. The van der Waals surface area contributed by atoms with Crippen LogP contribution in [0.4, 0.5) is 0 Å². The summed E-state index contributed by atoms with van der Waals surface area (Å²) in [5.41, 5.74) is 0. The summed E-state index contributed by atoms with van der Waals surface area (Å²) in [4.78, 5) is 0. The van der Waals surface area contributed by atoms with Gasteiger partial charge in [-0.15, -0.1) is 0 Å². The molecular formula is C9H12OS. The van der Waals surface area contributed by atoms with Crippen molar-refractivity contribution < 1.29 is 4.42 Å². The highest BCUT2D eigenvalue weighted by molar-refractivity contribution is 7.71. The zero-order chi connectivity index (χ0) is 8.27. The molecule has 60 valence electrons. The molecule has 1 aromatic rings. The Bertz CT molecular complexity index is 263. The molecule has 0 bridgehead atoms. The summed E-state index contributed by atoms with van der Waals surface area (Å²) in [6.45, 7) is 4.13. The van der Waals surface area contributed by atoms with Gasteiger partial charge in [0.25, 0.3) is 0 Å². The molecule has 11 heavy (non-hydrogen) atoms. The maximum atomic E-state index is 5.49. The minimum absolute atomic E-state index is 0.880. The van der Waals surface area contributed by atoms with Crippen LogP contribution in [-0.2, 0) is 12.8 Å². The predicted molar refractivity (Wildman–Crippen MR) is 48.3 cm³/mol. The number of aryl methyl sites for hydroxylation is 2. The molecule has 0 aliphatic heterocycles. The van der Waals surface area contributed by atoms with Gasteiger partial charge in [-0.25, -0.2) is 0 Å². The van der Waals surface area contributed by atoms with Crippen molar-refractivity contribution in [2.24, 2.45) is 0 Å². The van der Waals surface area contributed by atoms with Gasteiger partial charge in [-0.05, 0) is 12.1 Å². The van der Waals surface area contributed by atoms with Gasteiger partial charge < -0.3 is 4.42 Å². The Morgan fingerprint density at radius 3 is 2.00 bits per heavy atom. The van der Waals surface area contributed by atoms with E-state index in [9.17, 15) is 0 Å². The topological polar surface area (TPSA) is 13.1 Å². The summed E-state index contributed by atoms with van der Waals surface area (Å²) in [5.74, 6) is 1.96. The minimum Gasteiger partial charge on any atom is -0.466 e. The summed E-state index contributed by atoms with van der Waals surface area (Å²) in [5, 5.41) is 0. The van der Waals surface area contributed by atoms with Crippen LogP contribution in [0.25, 0.3) is 0 Å². The van der Waals surface area contributed by atoms with E-state index in [1.165, 1.54) is 0 Å². The fraction of sp³-hybridized carbons (Fsp3) is 0.444. The number of hydrogen-bond acceptors (Lipinski definition) is 2. The average molecular weight is 168 g/mol.